The molecule has 6 rings (SSSR count). The van der Waals surface area contributed by atoms with Gasteiger partial charge in [0.05, 0.1) is 34.6 Å². The van der Waals surface area contributed by atoms with Gasteiger partial charge in [0, 0.05) is 48.4 Å². The Morgan fingerprint density at radius 3 is 2.60 bits per heavy atom. The normalized spacial score (nSPS) is 21.6. The summed E-state index contributed by atoms with van der Waals surface area (Å²) in [4.78, 5) is 37.9. The molecule has 4 aromatic rings. The van der Waals surface area contributed by atoms with Gasteiger partial charge in [0.2, 0.25) is 16.0 Å². The molecule has 2 N–H and O–H groups in total. The second-order valence-electron chi connectivity index (χ2n) is 11.3. The van der Waals surface area contributed by atoms with Crippen molar-refractivity contribution in [3.63, 3.8) is 0 Å². The molecule has 1 aromatic carbocycles. The third kappa shape index (κ3) is 5.47. The molecule has 1 unspecified atom stereocenters. The van der Waals surface area contributed by atoms with Gasteiger partial charge < -0.3 is 10.2 Å². The summed E-state index contributed by atoms with van der Waals surface area (Å²) in [7, 11) is -3.85. The predicted molar refractivity (Wildman–Crippen MR) is 165 cm³/mol. The van der Waals surface area contributed by atoms with Crippen LogP contribution in [-0.4, -0.2) is 58.0 Å². The average molecular weight is 628 g/mol. The number of anilines is 2. The summed E-state index contributed by atoms with van der Waals surface area (Å²) in [5.41, 5.74) is 2.71. The molecule has 14 heteroatoms. The molecule has 4 atom stereocenters. The molecule has 1 saturated carbocycles. The Morgan fingerprint density at radius 2 is 1.95 bits per heavy atom. The highest BCUT2D eigenvalue weighted by molar-refractivity contribution is 7.89. The summed E-state index contributed by atoms with van der Waals surface area (Å²) in [5, 5.41) is 8.03. The number of benzene rings is 1. The van der Waals surface area contributed by atoms with E-state index in [0.717, 1.165) is 22.2 Å². The minimum absolute atomic E-state index is 0.0146. The fourth-order valence-corrected chi connectivity index (χ4v) is 6.83. The van der Waals surface area contributed by atoms with Gasteiger partial charge in [-0.05, 0) is 62.4 Å². The molecule has 2 fully saturated rings. The lowest BCUT2D eigenvalue weighted by Crippen LogP contribution is -2.33. The molecule has 43 heavy (non-hydrogen) atoms. The van der Waals surface area contributed by atoms with E-state index in [4.69, 9.17) is 20.7 Å². The van der Waals surface area contributed by atoms with E-state index >= 15 is 0 Å². The van der Waals surface area contributed by atoms with Gasteiger partial charge in [-0.2, -0.15) is 5.10 Å². The Kier molecular flexibility index (Phi) is 6.31. The van der Waals surface area contributed by atoms with E-state index in [1.807, 2.05) is 37.6 Å². The minimum Gasteiger partial charge on any atom is -0.377 e. The van der Waals surface area contributed by atoms with Gasteiger partial charge in [-0.15, -0.1) is 0 Å². The SMILES string of the molecule is [2H]C([2H])([2H])n1ccc(C2[C@H]3CN(c4nc5c([C@@H](C)Nc6ccc(Cl)nc6C(=O)NS(C)(=O)=O)cc(C)cc5c(=O)n4CC)C[C@@H]23)n1. The number of carbonyl (C=O) groups excluding carboxylic acids is 1. The Balaban J connectivity index is 1.32. The Hall–Kier alpha value is -3.97. The summed E-state index contributed by atoms with van der Waals surface area (Å²) in [6.07, 6.45) is 2.36. The molecule has 0 spiro atoms. The molecule has 2 aliphatic rings. The molecule has 226 valence electrons. The zero-order valence-electron chi connectivity index (χ0n) is 27.0. The number of amides is 1. The van der Waals surface area contributed by atoms with Crippen molar-refractivity contribution < 1.29 is 17.3 Å². The van der Waals surface area contributed by atoms with Crippen LogP contribution in [0.4, 0.5) is 11.6 Å². The number of aromatic nitrogens is 5. The number of aryl methyl sites for hydroxylation is 2. The lowest BCUT2D eigenvalue weighted by atomic mass is 10.0. The maximum atomic E-state index is 13.9. The highest BCUT2D eigenvalue weighted by Gasteiger charge is 2.57. The van der Waals surface area contributed by atoms with Crippen molar-refractivity contribution in [3.8, 4) is 0 Å². The number of pyridine rings is 1. The van der Waals surface area contributed by atoms with Gasteiger partial charge in [-0.25, -0.2) is 23.1 Å². The van der Waals surface area contributed by atoms with Gasteiger partial charge in [0.1, 0.15) is 5.15 Å². The molecule has 12 nitrogen and oxygen atoms in total. The largest absolute Gasteiger partial charge is 0.377 e. The van der Waals surface area contributed by atoms with Crippen LogP contribution in [0.15, 0.2) is 41.3 Å². The maximum Gasteiger partial charge on any atom is 0.285 e. The van der Waals surface area contributed by atoms with Crippen molar-refractivity contribution in [2.45, 2.75) is 39.3 Å². The van der Waals surface area contributed by atoms with E-state index < -0.39 is 28.9 Å². The second-order valence-corrected chi connectivity index (χ2v) is 13.4. The Morgan fingerprint density at radius 1 is 1.21 bits per heavy atom. The molecule has 1 saturated heterocycles. The maximum absolute atomic E-state index is 13.9. The van der Waals surface area contributed by atoms with Crippen LogP contribution in [0.3, 0.4) is 0 Å². The van der Waals surface area contributed by atoms with Gasteiger partial charge in [-0.1, -0.05) is 17.7 Å². The van der Waals surface area contributed by atoms with Gasteiger partial charge in [-0.3, -0.25) is 18.8 Å². The molecule has 0 radical (unpaired) electrons. The van der Waals surface area contributed by atoms with Crippen molar-refractivity contribution >= 4 is 50.1 Å². The van der Waals surface area contributed by atoms with E-state index in [1.165, 1.54) is 18.3 Å². The monoisotopic (exact) mass is 627 g/mol. The number of piperidine rings is 1. The molecular weight excluding hydrogens is 592 g/mol. The number of fused-ring (bicyclic) bond motifs is 2. The molecule has 1 aliphatic carbocycles. The van der Waals surface area contributed by atoms with Crippen LogP contribution < -0.4 is 20.5 Å². The van der Waals surface area contributed by atoms with Crippen LogP contribution >= 0.6 is 11.6 Å². The summed E-state index contributed by atoms with van der Waals surface area (Å²) in [6.45, 7) is 5.03. The first-order chi connectivity index (χ1) is 21.6. The van der Waals surface area contributed by atoms with E-state index in [1.54, 1.807) is 10.6 Å². The zero-order chi connectivity index (χ0) is 33.3. The fourth-order valence-electron chi connectivity index (χ4n) is 6.24. The first-order valence-corrected chi connectivity index (χ1v) is 16.1. The van der Waals surface area contributed by atoms with Crippen molar-refractivity contribution in [1.82, 2.24) is 29.0 Å². The lowest BCUT2D eigenvalue weighted by molar-refractivity contribution is 0.0977. The quantitative estimate of drug-likeness (QED) is 0.281. The molecule has 0 bridgehead atoms. The summed E-state index contributed by atoms with van der Waals surface area (Å²) >= 11 is 6.04. The second kappa shape index (κ2) is 10.6. The van der Waals surface area contributed by atoms with E-state index in [9.17, 15) is 18.0 Å². The fraction of sp³-hybridized carbons (Fsp3) is 0.414. The van der Waals surface area contributed by atoms with Gasteiger partial charge in [0.15, 0.2) is 5.69 Å². The summed E-state index contributed by atoms with van der Waals surface area (Å²) in [6, 6.07) is 8.04. The summed E-state index contributed by atoms with van der Waals surface area (Å²) < 4.78 is 50.9. The van der Waals surface area contributed by atoms with Gasteiger partial charge >= 0.3 is 0 Å². The first kappa shape index (κ1) is 25.5. The third-order valence-electron chi connectivity index (χ3n) is 8.15. The highest BCUT2D eigenvalue weighted by Crippen LogP contribution is 2.58. The average Bonchev–Trinajstić information content (AvgIpc) is 3.30. The van der Waals surface area contributed by atoms with E-state index in [-0.39, 0.29) is 39.8 Å². The molecule has 4 heterocycles. The summed E-state index contributed by atoms with van der Waals surface area (Å²) in [5.74, 6) is 0.315. The smallest absolute Gasteiger partial charge is 0.285 e. The predicted octanol–water partition coefficient (Wildman–Crippen LogP) is 3.22. The van der Waals surface area contributed by atoms with Crippen molar-refractivity contribution in [3.05, 3.63) is 74.6 Å². The van der Waals surface area contributed by atoms with Crippen molar-refractivity contribution in [2.75, 3.05) is 29.6 Å². The van der Waals surface area contributed by atoms with Crippen LogP contribution in [0.2, 0.25) is 5.15 Å². The Bertz CT molecular complexity index is 2040. The van der Waals surface area contributed by atoms with Crippen LogP contribution in [0.25, 0.3) is 10.9 Å². The third-order valence-corrected chi connectivity index (χ3v) is 8.92. The standard InChI is InChI=1S/C29H33ClN8O4S/c1-6-38-28(40)18-12-15(2)11-17(16(3)31-22-7-8-23(30)32-26(22)27(39)35-43(5,41)42)25(18)33-29(38)37-13-19-20(14-37)24(19)21-9-10-36(4)34-21/h7-12,16,19-20,24,31H,6,13-14H2,1-5H3,(H,35,39)/t16-,19-,20+,24?/m1/s1/i4D3. The molecule has 1 aliphatic heterocycles. The number of hydrogen-bond donors (Lipinski definition) is 2. The number of hydrogen-bond acceptors (Lipinski definition) is 9. The number of halogens is 1. The van der Waals surface area contributed by atoms with Crippen LogP contribution in [-0.2, 0) is 23.5 Å². The Labute approximate surface area is 258 Å². The molecular formula is C29H33ClN8O4S. The number of rotatable bonds is 8. The van der Waals surface area contributed by atoms with Crippen LogP contribution in [0.1, 0.15) is 57.2 Å². The van der Waals surface area contributed by atoms with E-state index in [0.29, 0.717) is 42.0 Å². The lowest BCUT2D eigenvalue weighted by Gasteiger charge is -2.25. The van der Waals surface area contributed by atoms with Crippen LogP contribution in [0.5, 0.6) is 0 Å². The number of nitrogens with one attached hydrogen (secondary N) is 2. The van der Waals surface area contributed by atoms with Gasteiger partial charge in [0.25, 0.3) is 11.5 Å². The topological polar surface area (TPSA) is 144 Å². The van der Waals surface area contributed by atoms with E-state index in [2.05, 4.69) is 20.3 Å². The number of sulfonamides is 1. The van der Waals surface area contributed by atoms with Crippen molar-refractivity contribution in [2.24, 2.45) is 18.8 Å². The molecule has 3 aromatic heterocycles. The number of nitrogens with zero attached hydrogens (tertiary/aromatic N) is 6. The van der Waals surface area contributed by atoms with Crippen LogP contribution in [0, 0.1) is 18.8 Å². The minimum atomic E-state index is -3.85. The highest BCUT2D eigenvalue weighted by atomic mass is 35.5. The zero-order valence-corrected chi connectivity index (χ0v) is 25.6. The molecule has 1 amide bonds. The number of carbonyl (C=O) groups is 1. The first-order valence-electron chi connectivity index (χ1n) is 15.4. The van der Waals surface area contributed by atoms with Crippen molar-refractivity contribution in [1.29, 1.82) is 0 Å².